The Labute approximate surface area is 182 Å². The molecule has 4 rings (SSSR count). The summed E-state index contributed by atoms with van der Waals surface area (Å²) in [5, 5.41) is 0. The summed E-state index contributed by atoms with van der Waals surface area (Å²) < 4.78 is 11.3. The minimum atomic E-state index is -0.169. The van der Waals surface area contributed by atoms with Crippen LogP contribution < -0.4 is 0 Å². The molecule has 2 fully saturated rings. The Bertz CT molecular complexity index is 769. The van der Waals surface area contributed by atoms with E-state index in [1.54, 1.807) is 11.1 Å². The average Bonchev–Trinajstić information content (AvgIpc) is 3.00. The fourth-order valence-electron chi connectivity index (χ4n) is 8.06. The standard InChI is InChI=1S/C26H40O4/c1-16(29-17(2)27)25(5)13-11-20-21-10-12-24(4)15-19(30-18(3)28)9-14-26(24,6)23(21)8-7-22(20)25/h16,19,21,23H,7-15H2,1-6H3/t16-,19-,21-,23+,24+,25+,26-/m1/s1. The molecule has 0 spiro atoms. The van der Waals surface area contributed by atoms with Crippen LogP contribution in [0.1, 0.15) is 99.3 Å². The zero-order valence-electron chi connectivity index (χ0n) is 19.8. The van der Waals surface area contributed by atoms with Crippen molar-refractivity contribution >= 4 is 11.9 Å². The Hall–Kier alpha value is -1.32. The Kier molecular flexibility index (Phi) is 5.38. The highest BCUT2D eigenvalue weighted by Gasteiger charge is 2.60. The molecular weight excluding hydrogens is 376 g/mol. The van der Waals surface area contributed by atoms with Crippen LogP contribution in [-0.2, 0) is 19.1 Å². The summed E-state index contributed by atoms with van der Waals surface area (Å²) in [5.41, 5.74) is 3.88. The molecule has 0 unspecified atom stereocenters. The molecule has 168 valence electrons. The van der Waals surface area contributed by atoms with Gasteiger partial charge >= 0.3 is 11.9 Å². The molecule has 7 atom stereocenters. The van der Waals surface area contributed by atoms with E-state index in [9.17, 15) is 9.59 Å². The second-order valence-electron chi connectivity index (χ2n) is 11.4. The molecule has 0 amide bonds. The van der Waals surface area contributed by atoms with Crippen molar-refractivity contribution < 1.29 is 19.1 Å². The smallest absolute Gasteiger partial charge is 0.302 e. The first-order valence-corrected chi connectivity index (χ1v) is 12.1. The molecule has 2 saturated carbocycles. The number of esters is 2. The summed E-state index contributed by atoms with van der Waals surface area (Å²) in [6, 6.07) is 0. The van der Waals surface area contributed by atoms with Crippen LogP contribution in [0.25, 0.3) is 0 Å². The second kappa shape index (κ2) is 7.38. The highest BCUT2D eigenvalue weighted by Crippen LogP contribution is 2.68. The molecule has 30 heavy (non-hydrogen) atoms. The van der Waals surface area contributed by atoms with Gasteiger partial charge in [0.1, 0.15) is 12.2 Å². The third kappa shape index (κ3) is 3.24. The van der Waals surface area contributed by atoms with Gasteiger partial charge in [0.15, 0.2) is 0 Å². The first kappa shape index (κ1) is 21.9. The summed E-state index contributed by atoms with van der Waals surface area (Å²) in [6.45, 7) is 12.5. The molecule has 0 aromatic rings. The molecule has 0 N–H and O–H groups in total. The maximum Gasteiger partial charge on any atom is 0.302 e. The van der Waals surface area contributed by atoms with Crippen LogP contribution in [0.3, 0.4) is 0 Å². The van der Waals surface area contributed by atoms with Gasteiger partial charge in [-0.1, -0.05) is 31.9 Å². The summed E-state index contributed by atoms with van der Waals surface area (Å²) in [5.74, 6) is 1.10. The van der Waals surface area contributed by atoms with Gasteiger partial charge in [-0.2, -0.15) is 0 Å². The van der Waals surface area contributed by atoms with E-state index in [2.05, 4.69) is 27.7 Å². The van der Waals surface area contributed by atoms with Gasteiger partial charge in [-0.25, -0.2) is 0 Å². The summed E-state index contributed by atoms with van der Waals surface area (Å²) in [7, 11) is 0. The molecular formula is C26H40O4. The van der Waals surface area contributed by atoms with Gasteiger partial charge in [-0.05, 0) is 87.4 Å². The summed E-state index contributed by atoms with van der Waals surface area (Å²) in [4.78, 5) is 23.1. The van der Waals surface area contributed by atoms with E-state index >= 15 is 0 Å². The predicted octanol–water partition coefficient (Wildman–Crippen LogP) is 5.98. The minimum Gasteiger partial charge on any atom is -0.463 e. The van der Waals surface area contributed by atoms with Crippen molar-refractivity contribution in [2.24, 2.45) is 28.1 Å². The Morgan fingerprint density at radius 1 is 0.967 bits per heavy atom. The van der Waals surface area contributed by atoms with Crippen molar-refractivity contribution in [1.29, 1.82) is 0 Å². The van der Waals surface area contributed by atoms with Gasteiger partial charge in [0.05, 0.1) is 0 Å². The maximum atomic E-state index is 11.6. The van der Waals surface area contributed by atoms with Gasteiger partial charge in [-0.3, -0.25) is 9.59 Å². The predicted molar refractivity (Wildman–Crippen MR) is 117 cm³/mol. The van der Waals surface area contributed by atoms with E-state index in [-0.39, 0.29) is 35.0 Å². The van der Waals surface area contributed by atoms with E-state index in [1.807, 2.05) is 0 Å². The molecule has 0 radical (unpaired) electrons. The SMILES string of the molecule is CC(=O)O[C@@H]1CC[C@]2(C)[C@H]3CCC4=C(CC[C@@]4(C)[C@@H](C)OC(C)=O)[C@H]3CC[C@@]2(C)C1. The van der Waals surface area contributed by atoms with E-state index < -0.39 is 0 Å². The van der Waals surface area contributed by atoms with E-state index in [0.29, 0.717) is 11.3 Å². The number of carbonyl (C=O) groups excluding carboxylic acids is 2. The van der Waals surface area contributed by atoms with Crippen molar-refractivity contribution in [3.05, 3.63) is 11.1 Å². The Balaban J connectivity index is 1.59. The van der Waals surface area contributed by atoms with Gasteiger partial charge in [0.2, 0.25) is 0 Å². The number of hydrogen-bond acceptors (Lipinski definition) is 4. The van der Waals surface area contributed by atoms with E-state index in [0.717, 1.165) is 38.0 Å². The molecule has 4 aliphatic carbocycles. The maximum absolute atomic E-state index is 11.6. The van der Waals surface area contributed by atoms with Gasteiger partial charge in [-0.15, -0.1) is 0 Å². The molecule has 4 nitrogen and oxygen atoms in total. The normalized spacial score (nSPS) is 43.9. The van der Waals surface area contributed by atoms with Crippen molar-refractivity contribution in [3.8, 4) is 0 Å². The van der Waals surface area contributed by atoms with Crippen molar-refractivity contribution in [2.45, 2.75) is 112 Å². The Morgan fingerprint density at radius 2 is 1.70 bits per heavy atom. The van der Waals surface area contributed by atoms with Gasteiger partial charge < -0.3 is 9.47 Å². The lowest BCUT2D eigenvalue weighted by atomic mass is 9.43. The van der Waals surface area contributed by atoms with Crippen molar-refractivity contribution in [2.75, 3.05) is 0 Å². The highest BCUT2D eigenvalue weighted by atomic mass is 16.5. The highest BCUT2D eigenvalue weighted by molar-refractivity contribution is 5.66. The number of fused-ring (bicyclic) bond motifs is 4. The fraction of sp³-hybridized carbons (Fsp3) is 0.846. The molecule has 4 aliphatic rings. The number of allylic oxidation sites excluding steroid dienone is 1. The zero-order chi connectivity index (χ0) is 21.9. The molecule has 0 aromatic heterocycles. The molecule has 0 heterocycles. The first-order valence-electron chi connectivity index (χ1n) is 12.1. The average molecular weight is 417 g/mol. The van der Waals surface area contributed by atoms with Crippen LogP contribution in [0.4, 0.5) is 0 Å². The van der Waals surface area contributed by atoms with Crippen molar-refractivity contribution in [3.63, 3.8) is 0 Å². The molecule has 0 saturated heterocycles. The van der Waals surface area contributed by atoms with Crippen LogP contribution in [0, 0.1) is 28.1 Å². The second-order valence-corrected chi connectivity index (χ2v) is 11.4. The number of hydrogen-bond donors (Lipinski definition) is 0. The summed E-state index contributed by atoms with van der Waals surface area (Å²) in [6.07, 6.45) is 10.4. The largest absolute Gasteiger partial charge is 0.463 e. The lowest BCUT2D eigenvalue weighted by Crippen LogP contribution is -2.55. The van der Waals surface area contributed by atoms with Crippen LogP contribution in [0.5, 0.6) is 0 Å². The fourth-order valence-corrected chi connectivity index (χ4v) is 8.06. The lowest BCUT2D eigenvalue weighted by molar-refractivity contribution is -0.166. The zero-order valence-corrected chi connectivity index (χ0v) is 19.8. The number of ether oxygens (including phenoxy) is 2. The van der Waals surface area contributed by atoms with E-state index in [4.69, 9.17) is 9.47 Å². The third-order valence-corrected chi connectivity index (χ3v) is 10.1. The lowest BCUT2D eigenvalue weighted by Gasteiger charge is -2.62. The van der Waals surface area contributed by atoms with Crippen LogP contribution >= 0.6 is 0 Å². The summed E-state index contributed by atoms with van der Waals surface area (Å²) >= 11 is 0. The number of rotatable bonds is 3. The van der Waals surface area contributed by atoms with Gasteiger partial charge in [0, 0.05) is 19.3 Å². The molecule has 0 aromatic carbocycles. The van der Waals surface area contributed by atoms with Crippen molar-refractivity contribution in [1.82, 2.24) is 0 Å². The van der Waals surface area contributed by atoms with Crippen LogP contribution in [0.2, 0.25) is 0 Å². The van der Waals surface area contributed by atoms with Crippen LogP contribution in [0.15, 0.2) is 11.1 Å². The van der Waals surface area contributed by atoms with E-state index in [1.165, 1.54) is 39.5 Å². The molecule has 0 aliphatic heterocycles. The topological polar surface area (TPSA) is 52.6 Å². The van der Waals surface area contributed by atoms with Crippen LogP contribution in [-0.4, -0.2) is 24.1 Å². The third-order valence-electron chi connectivity index (χ3n) is 10.1. The molecule has 0 bridgehead atoms. The Morgan fingerprint density at radius 3 is 2.37 bits per heavy atom. The number of carbonyl (C=O) groups is 2. The van der Waals surface area contributed by atoms with Gasteiger partial charge in [0.25, 0.3) is 0 Å². The minimum absolute atomic E-state index is 0.000611. The molecule has 4 heteroatoms. The quantitative estimate of drug-likeness (QED) is 0.419. The first-order chi connectivity index (χ1) is 14.0. The monoisotopic (exact) mass is 416 g/mol.